The van der Waals surface area contributed by atoms with E-state index in [0.29, 0.717) is 36.9 Å². The van der Waals surface area contributed by atoms with E-state index in [-0.39, 0.29) is 0 Å². The Balaban J connectivity index is 1.74. The quantitative estimate of drug-likeness (QED) is 0.810. The van der Waals surface area contributed by atoms with Crippen LogP contribution in [0, 0.1) is 13.8 Å². The smallest absolute Gasteiger partial charge is 0.243 e. The number of benzene rings is 1. The number of rotatable bonds is 4. The van der Waals surface area contributed by atoms with Gasteiger partial charge in [0.1, 0.15) is 17.5 Å². The second-order valence-electron chi connectivity index (χ2n) is 6.73. The van der Waals surface area contributed by atoms with Crippen LogP contribution in [-0.2, 0) is 10.0 Å². The number of sulfonamides is 1. The third-order valence-corrected chi connectivity index (χ3v) is 6.40. The van der Waals surface area contributed by atoms with Crippen LogP contribution in [0.4, 0.5) is 11.6 Å². The SMILES string of the molecule is Cc1ccc(S(=O)(=O)N2CCN(c3cc(N(C)C)nc(C)n3)CC2)cc1. The van der Waals surface area contributed by atoms with E-state index in [0.717, 1.165) is 17.2 Å². The number of anilines is 2. The maximum atomic E-state index is 12.8. The van der Waals surface area contributed by atoms with Crippen molar-refractivity contribution >= 4 is 21.7 Å². The van der Waals surface area contributed by atoms with Crippen molar-refractivity contribution in [2.75, 3.05) is 50.1 Å². The molecule has 0 spiro atoms. The van der Waals surface area contributed by atoms with E-state index in [1.807, 2.05) is 51.0 Å². The second kappa shape index (κ2) is 7.20. The van der Waals surface area contributed by atoms with E-state index in [9.17, 15) is 8.42 Å². The van der Waals surface area contributed by atoms with Crippen LogP contribution in [0.5, 0.6) is 0 Å². The van der Waals surface area contributed by atoms with Gasteiger partial charge in [0, 0.05) is 46.3 Å². The van der Waals surface area contributed by atoms with Gasteiger partial charge in [-0.1, -0.05) is 17.7 Å². The Morgan fingerprint density at radius 1 is 0.962 bits per heavy atom. The maximum absolute atomic E-state index is 12.8. The van der Waals surface area contributed by atoms with Gasteiger partial charge in [0.05, 0.1) is 4.90 Å². The lowest BCUT2D eigenvalue weighted by Gasteiger charge is -2.35. The van der Waals surface area contributed by atoms with Gasteiger partial charge in [0.25, 0.3) is 0 Å². The number of piperazine rings is 1. The summed E-state index contributed by atoms with van der Waals surface area (Å²) in [5.74, 6) is 2.40. The van der Waals surface area contributed by atoms with Crippen LogP contribution in [0.1, 0.15) is 11.4 Å². The van der Waals surface area contributed by atoms with E-state index in [4.69, 9.17) is 0 Å². The molecule has 3 rings (SSSR count). The maximum Gasteiger partial charge on any atom is 0.243 e. The monoisotopic (exact) mass is 375 g/mol. The van der Waals surface area contributed by atoms with E-state index in [2.05, 4.69) is 14.9 Å². The molecule has 1 aliphatic rings. The first-order valence-corrected chi connectivity index (χ1v) is 10.1. The predicted molar refractivity (Wildman–Crippen MR) is 103 cm³/mol. The first-order valence-electron chi connectivity index (χ1n) is 8.62. The standard InChI is InChI=1S/C18H25N5O2S/c1-14-5-7-16(8-6-14)26(24,25)23-11-9-22(10-12-23)18-13-17(21(3)4)19-15(2)20-18/h5-8,13H,9-12H2,1-4H3. The molecule has 2 aromatic rings. The summed E-state index contributed by atoms with van der Waals surface area (Å²) in [5.41, 5.74) is 1.05. The topological polar surface area (TPSA) is 69.6 Å². The van der Waals surface area contributed by atoms with Crippen LogP contribution in [0.25, 0.3) is 0 Å². The molecule has 0 N–H and O–H groups in total. The minimum absolute atomic E-state index is 0.351. The number of nitrogens with zero attached hydrogens (tertiary/aromatic N) is 5. The molecule has 0 bridgehead atoms. The number of hydrogen-bond acceptors (Lipinski definition) is 6. The zero-order valence-electron chi connectivity index (χ0n) is 15.7. The molecule has 1 aliphatic heterocycles. The Labute approximate surface area is 155 Å². The number of hydrogen-bond donors (Lipinski definition) is 0. The highest BCUT2D eigenvalue weighted by Crippen LogP contribution is 2.22. The normalized spacial score (nSPS) is 15.9. The first kappa shape index (κ1) is 18.6. The highest BCUT2D eigenvalue weighted by molar-refractivity contribution is 7.89. The molecule has 7 nitrogen and oxygen atoms in total. The molecule has 2 heterocycles. The molecule has 0 unspecified atom stereocenters. The molecule has 1 saturated heterocycles. The Morgan fingerprint density at radius 3 is 2.15 bits per heavy atom. The van der Waals surface area contributed by atoms with Crippen LogP contribution in [0.15, 0.2) is 35.2 Å². The fraction of sp³-hybridized carbons (Fsp3) is 0.444. The molecule has 1 aromatic carbocycles. The average molecular weight is 375 g/mol. The summed E-state index contributed by atoms with van der Waals surface area (Å²) in [7, 11) is 0.436. The summed E-state index contributed by atoms with van der Waals surface area (Å²) in [6.07, 6.45) is 0. The number of aryl methyl sites for hydroxylation is 2. The van der Waals surface area contributed by atoms with Gasteiger partial charge in [0.15, 0.2) is 0 Å². The molecule has 0 atom stereocenters. The summed E-state index contributed by atoms with van der Waals surface area (Å²) < 4.78 is 27.2. The van der Waals surface area contributed by atoms with Crippen molar-refractivity contribution in [1.29, 1.82) is 0 Å². The van der Waals surface area contributed by atoms with Crippen LogP contribution in [-0.4, -0.2) is 63.0 Å². The first-order chi connectivity index (χ1) is 12.3. The Hall–Kier alpha value is -2.19. The third-order valence-electron chi connectivity index (χ3n) is 4.49. The molecule has 0 radical (unpaired) electrons. The molecule has 0 amide bonds. The zero-order valence-corrected chi connectivity index (χ0v) is 16.5. The molecule has 140 valence electrons. The summed E-state index contributed by atoms with van der Waals surface area (Å²) >= 11 is 0. The molecular weight excluding hydrogens is 350 g/mol. The fourth-order valence-corrected chi connectivity index (χ4v) is 4.37. The van der Waals surface area contributed by atoms with E-state index in [1.54, 1.807) is 16.4 Å². The Morgan fingerprint density at radius 2 is 1.58 bits per heavy atom. The van der Waals surface area contributed by atoms with Crippen molar-refractivity contribution in [3.63, 3.8) is 0 Å². The van der Waals surface area contributed by atoms with E-state index in [1.165, 1.54) is 0 Å². The lowest BCUT2D eigenvalue weighted by atomic mass is 10.2. The molecule has 0 saturated carbocycles. The summed E-state index contributed by atoms with van der Waals surface area (Å²) in [6, 6.07) is 8.95. The highest BCUT2D eigenvalue weighted by Gasteiger charge is 2.29. The average Bonchev–Trinajstić information content (AvgIpc) is 2.61. The van der Waals surface area contributed by atoms with Gasteiger partial charge >= 0.3 is 0 Å². The van der Waals surface area contributed by atoms with Crippen molar-refractivity contribution in [3.05, 3.63) is 41.7 Å². The Kier molecular flexibility index (Phi) is 5.15. The minimum Gasteiger partial charge on any atom is -0.363 e. The van der Waals surface area contributed by atoms with E-state index >= 15 is 0 Å². The van der Waals surface area contributed by atoms with Crippen molar-refractivity contribution in [3.8, 4) is 0 Å². The van der Waals surface area contributed by atoms with Gasteiger partial charge in [-0.25, -0.2) is 18.4 Å². The third kappa shape index (κ3) is 3.81. The summed E-state index contributed by atoms with van der Waals surface area (Å²) in [5, 5.41) is 0. The van der Waals surface area contributed by atoms with Gasteiger partial charge in [0.2, 0.25) is 10.0 Å². The molecule has 1 fully saturated rings. The van der Waals surface area contributed by atoms with Crippen LogP contribution >= 0.6 is 0 Å². The summed E-state index contributed by atoms with van der Waals surface area (Å²) in [4.78, 5) is 13.3. The molecule has 0 aliphatic carbocycles. The van der Waals surface area contributed by atoms with Crippen molar-refractivity contribution < 1.29 is 8.42 Å². The largest absolute Gasteiger partial charge is 0.363 e. The van der Waals surface area contributed by atoms with Gasteiger partial charge < -0.3 is 9.80 Å². The molecule has 8 heteroatoms. The van der Waals surface area contributed by atoms with Crippen LogP contribution in [0.3, 0.4) is 0 Å². The van der Waals surface area contributed by atoms with Gasteiger partial charge in [-0.15, -0.1) is 0 Å². The van der Waals surface area contributed by atoms with Crippen LogP contribution < -0.4 is 9.80 Å². The van der Waals surface area contributed by atoms with Crippen LogP contribution in [0.2, 0.25) is 0 Å². The Bertz CT molecular complexity index is 873. The molecule has 26 heavy (non-hydrogen) atoms. The lowest BCUT2D eigenvalue weighted by molar-refractivity contribution is 0.383. The van der Waals surface area contributed by atoms with Crippen molar-refractivity contribution in [2.24, 2.45) is 0 Å². The van der Waals surface area contributed by atoms with Crippen molar-refractivity contribution in [2.45, 2.75) is 18.7 Å². The summed E-state index contributed by atoms with van der Waals surface area (Å²) in [6.45, 7) is 5.91. The molecular formula is C18H25N5O2S. The van der Waals surface area contributed by atoms with Crippen molar-refractivity contribution in [1.82, 2.24) is 14.3 Å². The predicted octanol–water partition coefficient (Wildman–Crippen LogP) is 1.67. The zero-order chi connectivity index (χ0) is 18.9. The van der Waals surface area contributed by atoms with Gasteiger partial charge in [-0.05, 0) is 26.0 Å². The second-order valence-corrected chi connectivity index (χ2v) is 8.67. The fourth-order valence-electron chi connectivity index (χ4n) is 2.94. The lowest BCUT2D eigenvalue weighted by Crippen LogP contribution is -2.49. The highest BCUT2D eigenvalue weighted by atomic mass is 32.2. The van der Waals surface area contributed by atoms with E-state index < -0.39 is 10.0 Å². The minimum atomic E-state index is -3.45. The van der Waals surface area contributed by atoms with Gasteiger partial charge in [-0.3, -0.25) is 0 Å². The number of aromatic nitrogens is 2. The van der Waals surface area contributed by atoms with Gasteiger partial charge in [-0.2, -0.15) is 4.31 Å². The molecule has 1 aromatic heterocycles.